The van der Waals surface area contributed by atoms with E-state index in [9.17, 15) is 4.79 Å². The lowest BCUT2D eigenvalue weighted by Crippen LogP contribution is -2.09. The number of alkyl halides is 1. The van der Waals surface area contributed by atoms with Crippen molar-refractivity contribution in [2.75, 3.05) is 11.6 Å². The van der Waals surface area contributed by atoms with E-state index in [0.29, 0.717) is 5.88 Å². The largest absolute Gasteiger partial charge is 0.287 e. The summed E-state index contributed by atoms with van der Waals surface area (Å²) in [7, 11) is 0. The van der Waals surface area contributed by atoms with Gasteiger partial charge in [-0.3, -0.25) is 4.79 Å². The molecule has 2 rings (SSSR count). The summed E-state index contributed by atoms with van der Waals surface area (Å²) in [6.45, 7) is 1.97. The van der Waals surface area contributed by atoms with Gasteiger partial charge in [0.1, 0.15) is 0 Å². The Hall–Kier alpha value is -1.25. The first-order chi connectivity index (χ1) is 9.76. The number of allylic oxidation sites excluding steroid dienone is 1. The highest BCUT2D eigenvalue weighted by atomic mass is 35.5. The SMILES string of the molecule is CCSC(=O)C(C=Cc1cccc2ccccc12)CCl. The van der Waals surface area contributed by atoms with Gasteiger partial charge in [0.15, 0.2) is 5.12 Å². The molecule has 0 N–H and O–H groups in total. The monoisotopic (exact) mass is 304 g/mol. The van der Waals surface area contributed by atoms with Crippen molar-refractivity contribution < 1.29 is 4.79 Å². The van der Waals surface area contributed by atoms with Gasteiger partial charge in [0.25, 0.3) is 0 Å². The van der Waals surface area contributed by atoms with E-state index in [-0.39, 0.29) is 11.0 Å². The maximum Gasteiger partial charge on any atom is 0.196 e. The minimum Gasteiger partial charge on any atom is -0.287 e. The summed E-state index contributed by atoms with van der Waals surface area (Å²) in [5, 5.41) is 2.53. The number of carbonyl (C=O) groups is 1. The van der Waals surface area contributed by atoms with Crippen molar-refractivity contribution in [1.82, 2.24) is 0 Å². The van der Waals surface area contributed by atoms with Crippen LogP contribution in [-0.2, 0) is 4.79 Å². The highest BCUT2D eigenvalue weighted by Gasteiger charge is 2.13. The number of benzene rings is 2. The van der Waals surface area contributed by atoms with Crippen molar-refractivity contribution in [2.45, 2.75) is 6.92 Å². The third kappa shape index (κ3) is 3.65. The number of carbonyl (C=O) groups excluding carboxylic acids is 1. The van der Waals surface area contributed by atoms with Crippen molar-refractivity contribution in [3.63, 3.8) is 0 Å². The molecule has 20 heavy (non-hydrogen) atoms. The molecule has 2 aromatic rings. The van der Waals surface area contributed by atoms with E-state index in [4.69, 9.17) is 11.6 Å². The molecule has 0 fully saturated rings. The van der Waals surface area contributed by atoms with E-state index in [2.05, 4.69) is 24.3 Å². The van der Waals surface area contributed by atoms with E-state index < -0.39 is 0 Å². The van der Waals surface area contributed by atoms with Gasteiger partial charge >= 0.3 is 0 Å². The summed E-state index contributed by atoms with van der Waals surface area (Å²) in [5.74, 6) is 0.891. The second kappa shape index (κ2) is 7.51. The summed E-state index contributed by atoms with van der Waals surface area (Å²) in [6.07, 6.45) is 3.92. The molecule has 0 aliphatic carbocycles. The lowest BCUT2D eigenvalue weighted by atomic mass is 10.0. The van der Waals surface area contributed by atoms with Crippen LogP contribution in [0.4, 0.5) is 0 Å². The molecule has 104 valence electrons. The Morgan fingerprint density at radius 1 is 1.25 bits per heavy atom. The van der Waals surface area contributed by atoms with Crippen molar-refractivity contribution in [3.8, 4) is 0 Å². The van der Waals surface area contributed by atoms with Crippen molar-refractivity contribution in [2.24, 2.45) is 5.92 Å². The quantitative estimate of drug-likeness (QED) is 0.724. The first-order valence-corrected chi connectivity index (χ1v) is 8.17. The Kier molecular flexibility index (Phi) is 5.69. The van der Waals surface area contributed by atoms with Crippen LogP contribution in [0.15, 0.2) is 48.5 Å². The van der Waals surface area contributed by atoms with Gasteiger partial charge in [-0.25, -0.2) is 0 Å². The Morgan fingerprint density at radius 2 is 2.00 bits per heavy atom. The Bertz CT molecular complexity index is 616. The zero-order valence-corrected chi connectivity index (χ0v) is 13.0. The van der Waals surface area contributed by atoms with Crippen LogP contribution in [0.2, 0.25) is 0 Å². The maximum absolute atomic E-state index is 11.9. The van der Waals surface area contributed by atoms with Crippen LogP contribution >= 0.6 is 23.4 Å². The first-order valence-electron chi connectivity index (χ1n) is 6.64. The molecule has 2 aromatic carbocycles. The maximum atomic E-state index is 11.9. The molecule has 0 aromatic heterocycles. The van der Waals surface area contributed by atoms with Gasteiger partial charge in [-0.05, 0) is 22.1 Å². The molecule has 0 aliphatic rings. The van der Waals surface area contributed by atoms with E-state index in [0.717, 1.165) is 11.3 Å². The highest BCUT2D eigenvalue weighted by Crippen LogP contribution is 2.21. The summed E-state index contributed by atoms with van der Waals surface area (Å²) in [5.41, 5.74) is 1.12. The normalized spacial score (nSPS) is 12.9. The molecule has 0 bridgehead atoms. The van der Waals surface area contributed by atoms with Crippen LogP contribution in [0.25, 0.3) is 16.8 Å². The van der Waals surface area contributed by atoms with Gasteiger partial charge < -0.3 is 0 Å². The van der Waals surface area contributed by atoms with Crippen LogP contribution in [0, 0.1) is 5.92 Å². The van der Waals surface area contributed by atoms with E-state index in [1.807, 2.05) is 37.3 Å². The second-order valence-electron chi connectivity index (χ2n) is 4.44. The molecular formula is C17H17ClOS. The minimum atomic E-state index is -0.222. The van der Waals surface area contributed by atoms with Gasteiger partial charge in [0, 0.05) is 5.88 Å². The molecule has 3 heteroatoms. The lowest BCUT2D eigenvalue weighted by molar-refractivity contribution is -0.112. The van der Waals surface area contributed by atoms with Crippen LogP contribution in [-0.4, -0.2) is 16.7 Å². The minimum absolute atomic E-state index is 0.138. The molecule has 1 atom stereocenters. The molecule has 0 aliphatic heterocycles. The van der Waals surface area contributed by atoms with Crippen LogP contribution in [0.1, 0.15) is 12.5 Å². The predicted octanol–water partition coefficient (Wildman–Crippen LogP) is 4.99. The van der Waals surface area contributed by atoms with Gasteiger partial charge in [-0.15, -0.1) is 11.6 Å². The smallest absolute Gasteiger partial charge is 0.196 e. The van der Waals surface area contributed by atoms with Crippen LogP contribution < -0.4 is 0 Å². The third-order valence-corrected chi connectivity index (χ3v) is 4.30. The Labute approximate surface area is 129 Å². The molecule has 0 spiro atoms. The van der Waals surface area contributed by atoms with Crippen molar-refractivity contribution >= 4 is 45.3 Å². The molecule has 0 amide bonds. The average Bonchev–Trinajstić information content (AvgIpc) is 2.48. The van der Waals surface area contributed by atoms with Crippen molar-refractivity contribution in [1.29, 1.82) is 0 Å². The lowest BCUT2D eigenvalue weighted by Gasteiger charge is -2.07. The molecule has 1 unspecified atom stereocenters. The summed E-state index contributed by atoms with van der Waals surface area (Å²) >= 11 is 7.23. The number of halogens is 1. The van der Waals surface area contributed by atoms with Crippen LogP contribution in [0.5, 0.6) is 0 Å². The summed E-state index contributed by atoms with van der Waals surface area (Å²) < 4.78 is 0. The fraction of sp³-hybridized carbons (Fsp3) is 0.235. The fourth-order valence-electron chi connectivity index (χ4n) is 2.06. The zero-order chi connectivity index (χ0) is 14.4. The third-order valence-electron chi connectivity index (χ3n) is 3.09. The number of thioether (sulfide) groups is 1. The number of hydrogen-bond acceptors (Lipinski definition) is 2. The van der Waals surface area contributed by atoms with Gasteiger partial charge in [-0.2, -0.15) is 0 Å². The Morgan fingerprint density at radius 3 is 2.75 bits per heavy atom. The number of fused-ring (bicyclic) bond motifs is 1. The number of rotatable bonds is 5. The molecular weight excluding hydrogens is 288 g/mol. The fourth-order valence-corrected chi connectivity index (χ4v) is 3.05. The Balaban J connectivity index is 2.26. The summed E-state index contributed by atoms with van der Waals surface area (Å²) in [4.78, 5) is 11.9. The van der Waals surface area contributed by atoms with E-state index >= 15 is 0 Å². The molecule has 1 nitrogen and oxygen atoms in total. The highest BCUT2D eigenvalue weighted by molar-refractivity contribution is 8.13. The molecule has 0 saturated carbocycles. The standard InChI is InChI=1S/C17H17ClOS/c1-2-20-17(19)15(12-18)11-10-14-8-5-7-13-6-3-4-9-16(13)14/h3-11,15H,2,12H2,1H3. The molecule has 0 saturated heterocycles. The number of hydrogen-bond donors (Lipinski definition) is 0. The average molecular weight is 305 g/mol. The van der Waals surface area contributed by atoms with Gasteiger partial charge in [0.05, 0.1) is 5.92 Å². The first kappa shape index (κ1) is 15.1. The zero-order valence-electron chi connectivity index (χ0n) is 11.4. The molecule has 0 heterocycles. The molecule has 0 radical (unpaired) electrons. The van der Waals surface area contributed by atoms with E-state index in [1.54, 1.807) is 0 Å². The van der Waals surface area contributed by atoms with E-state index in [1.165, 1.54) is 22.5 Å². The van der Waals surface area contributed by atoms with Gasteiger partial charge in [0.2, 0.25) is 0 Å². The second-order valence-corrected chi connectivity index (χ2v) is 6.02. The predicted molar refractivity (Wildman–Crippen MR) is 90.3 cm³/mol. The van der Waals surface area contributed by atoms with Gasteiger partial charge in [-0.1, -0.05) is 73.3 Å². The topological polar surface area (TPSA) is 17.1 Å². The van der Waals surface area contributed by atoms with Crippen molar-refractivity contribution in [3.05, 3.63) is 54.1 Å². The summed E-state index contributed by atoms with van der Waals surface area (Å²) in [6, 6.07) is 14.4. The van der Waals surface area contributed by atoms with Crippen LogP contribution in [0.3, 0.4) is 0 Å².